The molecule has 3 amide bonds. The number of hydrogen-bond acceptors (Lipinski definition) is 6. The lowest BCUT2D eigenvalue weighted by molar-refractivity contribution is -0.134. The number of nitrogens with zero attached hydrogens (tertiary/aromatic N) is 4. The maximum atomic E-state index is 13.0. The second-order valence-electron chi connectivity index (χ2n) is 11.7. The van der Waals surface area contributed by atoms with E-state index in [0.717, 1.165) is 44.0 Å². The van der Waals surface area contributed by atoms with E-state index in [1.54, 1.807) is 12.1 Å². The van der Waals surface area contributed by atoms with Gasteiger partial charge in [0, 0.05) is 62.4 Å². The molecule has 0 radical (unpaired) electrons. The maximum absolute atomic E-state index is 13.0. The fourth-order valence-electron chi connectivity index (χ4n) is 4.83. The van der Waals surface area contributed by atoms with E-state index in [1.807, 2.05) is 54.7 Å². The molecule has 266 valence electrons. The topological polar surface area (TPSA) is 112 Å². The van der Waals surface area contributed by atoms with Crippen LogP contribution >= 0.6 is 0 Å². The molecule has 0 bridgehead atoms. The van der Waals surface area contributed by atoms with Crippen molar-refractivity contribution in [3.8, 4) is 0 Å². The molecule has 4 rings (SSSR count). The van der Waals surface area contributed by atoms with Gasteiger partial charge in [0.1, 0.15) is 6.04 Å². The summed E-state index contributed by atoms with van der Waals surface area (Å²) in [5.74, 6) is -0.222. The quantitative estimate of drug-likeness (QED) is 0.264. The zero-order chi connectivity index (χ0) is 35.5. The van der Waals surface area contributed by atoms with Crippen LogP contribution in [0.4, 0.5) is 5.69 Å². The Kier molecular flexibility index (Phi) is 25.3. The Morgan fingerprint density at radius 3 is 1.87 bits per heavy atom. The van der Waals surface area contributed by atoms with Crippen molar-refractivity contribution < 1.29 is 14.4 Å². The van der Waals surface area contributed by atoms with Crippen LogP contribution in [0.5, 0.6) is 0 Å². The van der Waals surface area contributed by atoms with Crippen molar-refractivity contribution in [2.24, 2.45) is 0 Å². The van der Waals surface area contributed by atoms with Gasteiger partial charge in [-0.25, -0.2) is 0 Å². The van der Waals surface area contributed by atoms with Crippen molar-refractivity contribution in [1.29, 1.82) is 0 Å². The molecule has 1 aromatic carbocycles. The molecule has 10 nitrogen and oxygen atoms in total. The molecule has 1 aliphatic heterocycles. The first-order chi connectivity index (χ1) is 22.6. The van der Waals surface area contributed by atoms with Gasteiger partial charge in [0.05, 0.1) is 6.54 Å². The van der Waals surface area contributed by atoms with Gasteiger partial charge in [0.2, 0.25) is 18.2 Å². The maximum Gasteiger partial charge on any atom is 0.245 e. The zero-order valence-electron chi connectivity index (χ0n) is 30.7. The number of benzene rings is 1. The first kappa shape index (κ1) is 43.3. The van der Waals surface area contributed by atoms with E-state index in [2.05, 4.69) is 67.3 Å². The Hall–Kier alpha value is -3.66. The number of aryl methyl sites for hydroxylation is 2. The van der Waals surface area contributed by atoms with Crippen molar-refractivity contribution in [1.82, 2.24) is 30.2 Å². The summed E-state index contributed by atoms with van der Waals surface area (Å²) in [4.78, 5) is 38.9. The Morgan fingerprint density at radius 1 is 0.936 bits per heavy atom. The molecule has 1 aromatic heterocycles. The Labute approximate surface area is 285 Å². The van der Waals surface area contributed by atoms with Gasteiger partial charge in [-0.15, -0.1) is 0 Å². The van der Waals surface area contributed by atoms with Crippen molar-refractivity contribution >= 4 is 23.9 Å². The molecule has 2 fully saturated rings. The van der Waals surface area contributed by atoms with Gasteiger partial charge in [-0.1, -0.05) is 91.4 Å². The number of anilines is 1. The molecule has 2 aromatic rings. The summed E-state index contributed by atoms with van der Waals surface area (Å²) in [6.07, 6.45) is 13.1. The number of likely N-dealkylation sites (N-methyl/N-ethyl adjacent to an activating group) is 1. The molecule has 3 N–H and O–H groups in total. The summed E-state index contributed by atoms with van der Waals surface area (Å²) in [5, 5.41) is 12.3. The third-order valence-corrected chi connectivity index (χ3v) is 7.29. The lowest BCUT2D eigenvalue weighted by Crippen LogP contribution is -2.53. The highest BCUT2D eigenvalue weighted by atomic mass is 16.2. The predicted octanol–water partition coefficient (Wildman–Crippen LogP) is 6.17. The lowest BCUT2D eigenvalue weighted by Gasteiger charge is -2.35. The first-order valence-electron chi connectivity index (χ1n) is 17.6. The lowest BCUT2D eigenvalue weighted by atomic mass is 10.0. The van der Waals surface area contributed by atoms with Crippen LogP contribution < -0.4 is 16.0 Å². The van der Waals surface area contributed by atoms with Crippen molar-refractivity contribution in [2.45, 2.75) is 112 Å². The van der Waals surface area contributed by atoms with E-state index >= 15 is 0 Å². The molecule has 1 saturated carbocycles. The molecule has 2 heterocycles. The van der Waals surface area contributed by atoms with Crippen LogP contribution in [0.15, 0.2) is 48.8 Å². The minimum absolute atomic E-state index is 0.0740. The summed E-state index contributed by atoms with van der Waals surface area (Å²) in [6.45, 7) is 22.2. The van der Waals surface area contributed by atoms with E-state index in [1.165, 1.54) is 50.6 Å². The molecule has 1 unspecified atom stereocenters. The second kappa shape index (κ2) is 27.5. The van der Waals surface area contributed by atoms with Crippen LogP contribution in [-0.4, -0.2) is 83.6 Å². The molecule has 10 heteroatoms. The highest BCUT2D eigenvalue weighted by Crippen LogP contribution is 2.15. The van der Waals surface area contributed by atoms with Gasteiger partial charge in [0.15, 0.2) is 0 Å². The van der Waals surface area contributed by atoms with Gasteiger partial charge < -0.3 is 25.8 Å². The standard InChI is InChI=1S/C20H29N5O3.C6H10N2.C6H12.C3H8.C2H6/c1-15(2)22-18(20(28)25-10-8-24(3)9-11-25)12-16-4-6-17(7-5-16)23-19(27)13-21-14-26;1-3-8-6(2)4-5-7-8;1-2-4-6-5-3-1;1-3-2;1-2/h4-7,14,18,22H,1,8-13H2,2-3H3,(H,21,26)(H,23,27);4-5H,3H2,1-2H3;1-6H2;3H2,1-2H3;1-2H3. The molecular formula is C37H65N7O3. The molecule has 1 atom stereocenters. The molecule has 1 saturated heterocycles. The fourth-order valence-corrected chi connectivity index (χ4v) is 4.83. The molecule has 2 aliphatic rings. The zero-order valence-corrected chi connectivity index (χ0v) is 30.7. The number of carbonyl (C=O) groups is 3. The summed E-state index contributed by atoms with van der Waals surface area (Å²) >= 11 is 0. The van der Waals surface area contributed by atoms with Gasteiger partial charge in [-0.2, -0.15) is 5.10 Å². The Balaban J connectivity index is 0.000000895. The average Bonchev–Trinajstić information content (AvgIpc) is 3.51. The van der Waals surface area contributed by atoms with Gasteiger partial charge in [-0.05, 0) is 51.6 Å². The first-order valence-corrected chi connectivity index (χ1v) is 17.6. The van der Waals surface area contributed by atoms with E-state index in [9.17, 15) is 14.4 Å². The molecule has 1 aliphatic carbocycles. The third kappa shape index (κ3) is 20.2. The van der Waals surface area contributed by atoms with E-state index in [-0.39, 0.29) is 24.4 Å². The summed E-state index contributed by atoms with van der Waals surface area (Å²) in [5.41, 5.74) is 3.59. The van der Waals surface area contributed by atoms with Gasteiger partial charge >= 0.3 is 0 Å². The molecule has 47 heavy (non-hydrogen) atoms. The fraction of sp³-hybridized carbons (Fsp3) is 0.622. The van der Waals surface area contributed by atoms with Crippen LogP contribution in [0.1, 0.15) is 97.7 Å². The number of allylic oxidation sites excluding steroid dienone is 1. The monoisotopic (exact) mass is 656 g/mol. The minimum atomic E-state index is -0.377. The second-order valence-corrected chi connectivity index (χ2v) is 11.7. The predicted molar refractivity (Wildman–Crippen MR) is 196 cm³/mol. The van der Waals surface area contributed by atoms with Crippen LogP contribution in [-0.2, 0) is 27.3 Å². The number of nitrogens with one attached hydrogen (secondary N) is 3. The number of rotatable bonds is 10. The summed E-state index contributed by atoms with van der Waals surface area (Å²) in [6, 6.07) is 8.96. The van der Waals surface area contributed by atoms with Crippen LogP contribution in [0, 0.1) is 6.92 Å². The van der Waals surface area contributed by atoms with Crippen molar-refractivity contribution in [2.75, 3.05) is 45.1 Å². The van der Waals surface area contributed by atoms with Crippen molar-refractivity contribution in [3.63, 3.8) is 0 Å². The third-order valence-electron chi connectivity index (χ3n) is 7.29. The Morgan fingerprint density at radius 2 is 1.47 bits per heavy atom. The smallest absolute Gasteiger partial charge is 0.245 e. The van der Waals surface area contributed by atoms with E-state index < -0.39 is 0 Å². The summed E-state index contributed by atoms with van der Waals surface area (Å²) in [7, 11) is 2.06. The SMILES string of the molecule is C1CCCCC1.C=C(C)NC(Cc1ccc(NC(=O)CNC=O)cc1)C(=O)N1CCN(C)CC1.CC.CCC.CCn1nccc1C. The van der Waals surface area contributed by atoms with Crippen LogP contribution in [0.25, 0.3) is 0 Å². The molecule has 0 spiro atoms. The summed E-state index contributed by atoms with van der Waals surface area (Å²) < 4.78 is 1.96. The number of piperazine rings is 1. The molecular weight excluding hydrogens is 590 g/mol. The van der Waals surface area contributed by atoms with Crippen molar-refractivity contribution in [3.05, 3.63) is 60.1 Å². The number of hydrogen-bond donors (Lipinski definition) is 3. The van der Waals surface area contributed by atoms with Crippen LogP contribution in [0.3, 0.4) is 0 Å². The Bertz CT molecular complexity index is 1090. The number of carbonyl (C=O) groups excluding carboxylic acids is 3. The number of aromatic nitrogens is 2. The number of amides is 3. The normalized spacial score (nSPS) is 14.4. The van der Waals surface area contributed by atoms with E-state index in [4.69, 9.17) is 0 Å². The minimum Gasteiger partial charge on any atom is -0.377 e. The highest BCUT2D eigenvalue weighted by molar-refractivity contribution is 5.93. The average molecular weight is 656 g/mol. The highest BCUT2D eigenvalue weighted by Gasteiger charge is 2.26. The van der Waals surface area contributed by atoms with Gasteiger partial charge in [-0.3, -0.25) is 19.1 Å². The largest absolute Gasteiger partial charge is 0.377 e. The van der Waals surface area contributed by atoms with Gasteiger partial charge in [0.25, 0.3) is 0 Å². The van der Waals surface area contributed by atoms with E-state index in [0.29, 0.717) is 18.5 Å². The van der Waals surface area contributed by atoms with Crippen LogP contribution in [0.2, 0.25) is 0 Å².